The first-order chi connectivity index (χ1) is 31.1. The number of unbranched alkanes of at least 4 members (excludes halogenated alkanes) is 33. The van der Waals surface area contributed by atoms with Crippen LogP contribution in [-0.4, -0.2) is 37.2 Å². The van der Waals surface area contributed by atoms with E-state index in [4.69, 9.17) is 14.2 Å². The fourth-order valence-corrected chi connectivity index (χ4v) is 8.79. The van der Waals surface area contributed by atoms with Crippen LogP contribution in [0.1, 0.15) is 318 Å². The molecule has 0 aliphatic rings. The second-order valence-electron chi connectivity index (χ2n) is 21.1. The molecule has 0 bridgehead atoms. The zero-order chi connectivity index (χ0) is 47.0. The van der Waals surface area contributed by atoms with Crippen LogP contribution in [0.25, 0.3) is 0 Å². The lowest BCUT2D eigenvalue weighted by atomic mass is 9.99. The van der Waals surface area contributed by atoms with Gasteiger partial charge in [-0.15, -0.1) is 0 Å². The maximum atomic E-state index is 12.8. The van der Waals surface area contributed by atoms with Crippen LogP contribution >= 0.6 is 0 Å². The van der Waals surface area contributed by atoms with Gasteiger partial charge in [-0.2, -0.15) is 0 Å². The number of ether oxygens (including phenoxy) is 3. The molecule has 0 aliphatic heterocycles. The van der Waals surface area contributed by atoms with Crippen LogP contribution in [0.4, 0.5) is 0 Å². The predicted molar refractivity (Wildman–Crippen MR) is 275 cm³/mol. The summed E-state index contributed by atoms with van der Waals surface area (Å²) < 4.78 is 16.8. The van der Waals surface area contributed by atoms with E-state index in [1.54, 1.807) is 0 Å². The third kappa shape index (κ3) is 49.8. The Hall–Kier alpha value is -1.59. The third-order valence-electron chi connectivity index (χ3n) is 13.5. The monoisotopic (exact) mass is 905 g/mol. The number of carbonyl (C=O) groups excluding carboxylic acids is 3. The second kappa shape index (κ2) is 49.3. The van der Waals surface area contributed by atoms with Gasteiger partial charge in [-0.05, 0) is 37.0 Å². The van der Waals surface area contributed by atoms with Crippen molar-refractivity contribution in [2.45, 2.75) is 324 Å². The molecule has 6 nitrogen and oxygen atoms in total. The molecule has 0 heterocycles. The summed E-state index contributed by atoms with van der Waals surface area (Å²) in [5.74, 6) is 1.66. The number of esters is 3. The molecule has 0 N–H and O–H groups in total. The molecule has 0 aromatic carbocycles. The Morgan fingerprint density at radius 1 is 0.312 bits per heavy atom. The van der Waals surface area contributed by atoms with Gasteiger partial charge in [0.2, 0.25) is 0 Å². The van der Waals surface area contributed by atoms with Gasteiger partial charge in [-0.1, -0.05) is 279 Å². The van der Waals surface area contributed by atoms with Crippen LogP contribution in [0.5, 0.6) is 0 Å². The lowest BCUT2D eigenvalue weighted by Gasteiger charge is -2.18. The second-order valence-corrected chi connectivity index (χ2v) is 21.1. The number of hydrogen-bond acceptors (Lipinski definition) is 6. The summed E-state index contributed by atoms with van der Waals surface area (Å²) in [5.41, 5.74) is 0. The van der Waals surface area contributed by atoms with Crippen molar-refractivity contribution >= 4 is 17.9 Å². The molecule has 0 aliphatic carbocycles. The summed E-state index contributed by atoms with van der Waals surface area (Å²) in [7, 11) is 0. The molecule has 64 heavy (non-hydrogen) atoms. The highest BCUT2D eigenvalue weighted by Gasteiger charge is 2.19. The number of carbonyl (C=O) groups is 3. The van der Waals surface area contributed by atoms with E-state index in [0.717, 1.165) is 75.5 Å². The van der Waals surface area contributed by atoms with Gasteiger partial charge < -0.3 is 14.2 Å². The Morgan fingerprint density at radius 2 is 0.547 bits per heavy atom. The van der Waals surface area contributed by atoms with Crippen molar-refractivity contribution in [2.24, 2.45) is 17.8 Å². The topological polar surface area (TPSA) is 78.9 Å². The predicted octanol–water partition coefficient (Wildman–Crippen LogP) is 18.7. The Kier molecular flexibility index (Phi) is 48.1. The van der Waals surface area contributed by atoms with Crippen molar-refractivity contribution in [3.63, 3.8) is 0 Å². The van der Waals surface area contributed by atoms with E-state index in [1.165, 1.54) is 199 Å². The minimum Gasteiger partial charge on any atom is -0.462 e. The molecule has 0 spiro atoms. The molecule has 0 saturated carbocycles. The van der Waals surface area contributed by atoms with Crippen molar-refractivity contribution in [3.8, 4) is 0 Å². The Balaban J connectivity index is 4.22. The van der Waals surface area contributed by atoms with Crippen LogP contribution in [-0.2, 0) is 28.6 Å². The zero-order valence-electron chi connectivity index (χ0n) is 44.1. The molecule has 0 aromatic heterocycles. The SMILES string of the molecule is CCC(C)CCCCCCCCCCCCCCCCC(=O)O[C@H](COC(=O)CCCCCCCCCCCCCCCCCCC(C)C)COC(=O)CCCCCCCCC(C)C. The van der Waals surface area contributed by atoms with E-state index in [-0.39, 0.29) is 31.1 Å². The molecule has 0 fully saturated rings. The first kappa shape index (κ1) is 62.4. The molecule has 0 amide bonds. The van der Waals surface area contributed by atoms with Crippen molar-refractivity contribution in [1.82, 2.24) is 0 Å². The van der Waals surface area contributed by atoms with E-state index in [0.29, 0.717) is 19.3 Å². The fraction of sp³-hybridized carbons (Fsp3) is 0.948. The first-order valence-electron chi connectivity index (χ1n) is 28.6. The molecule has 6 heteroatoms. The summed E-state index contributed by atoms with van der Waals surface area (Å²) in [5, 5.41) is 0. The van der Waals surface area contributed by atoms with Gasteiger partial charge >= 0.3 is 17.9 Å². The van der Waals surface area contributed by atoms with Crippen molar-refractivity contribution in [2.75, 3.05) is 13.2 Å². The van der Waals surface area contributed by atoms with E-state index in [1.807, 2.05) is 0 Å². The standard InChI is InChI=1S/C58H112O6/c1-7-54(6)46-40-34-27-23-19-15-12-13-17-21-25-29-37-43-49-58(61)64-55(51-63-57(60)48-42-36-31-30-33-39-45-53(4)5)50-62-56(59)47-41-35-28-24-20-16-11-9-8-10-14-18-22-26-32-38-44-52(2)3/h52-55H,7-51H2,1-6H3/t54?,55-/m1/s1. The van der Waals surface area contributed by atoms with Crippen LogP contribution in [0.15, 0.2) is 0 Å². The average Bonchev–Trinajstić information content (AvgIpc) is 3.27. The van der Waals surface area contributed by atoms with E-state index < -0.39 is 6.10 Å². The van der Waals surface area contributed by atoms with Gasteiger partial charge in [-0.25, -0.2) is 0 Å². The molecule has 0 saturated heterocycles. The quantitative estimate of drug-likeness (QED) is 0.0344. The minimum absolute atomic E-state index is 0.0644. The van der Waals surface area contributed by atoms with Crippen LogP contribution in [0.2, 0.25) is 0 Å². The van der Waals surface area contributed by atoms with Crippen LogP contribution in [0.3, 0.4) is 0 Å². The van der Waals surface area contributed by atoms with Gasteiger partial charge in [0.1, 0.15) is 13.2 Å². The van der Waals surface area contributed by atoms with Gasteiger partial charge in [0.25, 0.3) is 0 Å². The Bertz CT molecular complexity index is 993. The van der Waals surface area contributed by atoms with E-state index >= 15 is 0 Å². The lowest BCUT2D eigenvalue weighted by Crippen LogP contribution is -2.30. The molecule has 2 atom stereocenters. The number of hydrogen-bond donors (Lipinski definition) is 0. The van der Waals surface area contributed by atoms with Crippen LogP contribution < -0.4 is 0 Å². The van der Waals surface area contributed by atoms with Gasteiger partial charge in [0.05, 0.1) is 0 Å². The first-order valence-corrected chi connectivity index (χ1v) is 28.6. The maximum Gasteiger partial charge on any atom is 0.306 e. The lowest BCUT2D eigenvalue weighted by molar-refractivity contribution is -0.167. The third-order valence-corrected chi connectivity index (χ3v) is 13.5. The van der Waals surface area contributed by atoms with Gasteiger partial charge in [0.15, 0.2) is 6.10 Å². The van der Waals surface area contributed by atoms with Crippen molar-refractivity contribution in [3.05, 3.63) is 0 Å². The summed E-state index contributed by atoms with van der Waals surface area (Å²) in [6, 6.07) is 0. The van der Waals surface area contributed by atoms with Crippen LogP contribution in [0, 0.1) is 17.8 Å². The van der Waals surface area contributed by atoms with Gasteiger partial charge in [0, 0.05) is 19.3 Å². The minimum atomic E-state index is -0.764. The molecule has 0 radical (unpaired) electrons. The molecule has 1 unspecified atom stereocenters. The molecule has 0 aromatic rings. The van der Waals surface area contributed by atoms with E-state index in [2.05, 4.69) is 41.5 Å². The highest BCUT2D eigenvalue weighted by molar-refractivity contribution is 5.71. The Labute approximate surface area is 399 Å². The fourth-order valence-electron chi connectivity index (χ4n) is 8.79. The summed E-state index contributed by atoms with van der Waals surface area (Å²) >= 11 is 0. The van der Waals surface area contributed by atoms with Crippen molar-refractivity contribution in [1.29, 1.82) is 0 Å². The largest absolute Gasteiger partial charge is 0.462 e. The average molecular weight is 906 g/mol. The smallest absolute Gasteiger partial charge is 0.306 e. The normalized spacial score (nSPS) is 12.6. The van der Waals surface area contributed by atoms with Gasteiger partial charge in [-0.3, -0.25) is 14.4 Å². The summed E-state index contributed by atoms with van der Waals surface area (Å²) in [4.78, 5) is 38.0. The number of rotatable bonds is 51. The highest BCUT2D eigenvalue weighted by atomic mass is 16.6. The summed E-state index contributed by atoms with van der Waals surface area (Å²) in [6.07, 6.45) is 51.1. The van der Waals surface area contributed by atoms with E-state index in [9.17, 15) is 14.4 Å². The van der Waals surface area contributed by atoms with Crippen molar-refractivity contribution < 1.29 is 28.6 Å². The maximum absolute atomic E-state index is 12.8. The summed E-state index contributed by atoms with van der Waals surface area (Å²) in [6.45, 7) is 13.7. The molecule has 0 rings (SSSR count). The Morgan fingerprint density at radius 3 is 0.812 bits per heavy atom. The zero-order valence-corrected chi connectivity index (χ0v) is 44.1. The highest BCUT2D eigenvalue weighted by Crippen LogP contribution is 2.19. The molecular weight excluding hydrogens is 793 g/mol. The molecule has 380 valence electrons. The molecular formula is C58H112O6.